The van der Waals surface area contributed by atoms with Crippen molar-refractivity contribution in [3.8, 4) is 0 Å². The van der Waals surface area contributed by atoms with Crippen LogP contribution in [0.3, 0.4) is 0 Å². The number of hydrogen-bond donors (Lipinski definition) is 2. The third kappa shape index (κ3) is 1.94. The summed E-state index contributed by atoms with van der Waals surface area (Å²) in [5, 5.41) is 1.11. The van der Waals surface area contributed by atoms with Crippen LogP contribution in [0.15, 0.2) is 28.5 Å². The van der Waals surface area contributed by atoms with Crippen molar-refractivity contribution in [3.05, 3.63) is 29.2 Å². The molecule has 0 bridgehead atoms. The van der Waals surface area contributed by atoms with Crippen LogP contribution in [-0.2, 0) is 21.1 Å². The molecule has 0 fully saturated rings. The molecule has 1 heterocycles. The van der Waals surface area contributed by atoms with Crippen molar-refractivity contribution in [3.63, 3.8) is 0 Å². The summed E-state index contributed by atoms with van der Waals surface area (Å²) in [4.78, 5) is 0.151. The molecule has 1 aliphatic heterocycles. The topological polar surface area (TPSA) is 83.5 Å². The molecule has 0 radical (unpaired) electrons. The normalized spacial score (nSPS) is 18.5. The van der Waals surface area contributed by atoms with E-state index in [1.165, 1.54) is 18.2 Å². The largest absolute Gasteiger partial charge is 0.289 e. The van der Waals surface area contributed by atoms with Gasteiger partial charge >= 0.3 is 0 Å². The average molecular weight is 245 g/mol. The van der Waals surface area contributed by atoms with Crippen LogP contribution in [0.25, 0.3) is 6.08 Å². The van der Waals surface area contributed by atoms with E-state index < -0.39 is 21.1 Å². The molecule has 15 heavy (non-hydrogen) atoms. The molecular formula is C8H7NO4S2. The van der Waals surface area contributed by atoms with E-state index in [1.54, 1.807) is 6.07 Å². The second kappa shape index (κ2) is 3.44. The Balaban J connectivity index is 2.49. The SMILES string of the molecule is O=S(O)Nc1ccc2c(c1)S(=O)(=O)C=C2. The molecule has 1 aliphatic rings. The van der Waals surface area contributed by atoms with Gasteiger partial charge in [0.05, 0.1) is 4.90 Å². The highest BCUT2D eigenvalue weighted by Crippen LogP contribution is 2.29. The third-order valence-corrected chi connectivity index (χ3v) is 3.82. The van der Waals surface area contributed by atoms with Crippen molar-refractivity contribution < 1.29 is 17.2 Å². The Labute approximate surface area is 89.2 Å². The molecule has 2 N–H and O–H groups in total. The summed E-state index contributed by atoms with van der Waals surface area (Å²) in [6.07, 6.45) is 1.49. The van der Waals surface area contributed by atoms with Crippen LogP contribution in [0, 0.1) is 0 Å². The molecule has 1 aromatic rings. The zero-order valence-electron chi connectivity index (χ0n) is 7.38. The van der Waals surface area contributed by atoms with Crippen molar-refractivity contribution in [1.29, 1.82) is 0 Å². The van der Waals surface area contributed by atoms with Crippen molar-refractivity contribution in [2.75, 3.05) is 4.72 Å². The number of benzene rings is 1. The van der Waals surface area contributed by atoms with Crippen molar-refractivity contribution in [2.45, 2.75) is 4.90 Å². The maximum atomic E-state index is 11.4. The quantitative estimate of drug-likeness (QED) is 0.761. The Hall–Kier alpha value is -1.18. The summed E-state index contributed by atoms with van der Waals surface area (Å²) in [5.41, 5.74) is 0.881. The van der Waals surface area contributed by atoms with Crippen LogP contribution in [0.5, 0.6) is 0 Å². The second-order valence-electron chi connectivity index (χ2n) is 2.95. The summed E-state index contributed by atoms with van der Waals surface area (Å²) in [5.74, 6) is 0. The molecule has 80 valence electrons. The molecule has 0 aromatic heterocycles. The second-order valence-corrected chi connectivity index (χ2v) is 5.46. The molecule has 1 unspecified atom stereocenters. The highest BCUT2D eigenvalue weighted by atomic mass is 32.2. The van der Waals surface area contributed by atoms with Crippen LogP contribution in [-0.4, -0.2) is 17.2 Å². The van der Waals surface area contributed by atoms with E-state index >= 15 is 0 Å². The lowest BCUT2D eigenvalue weighted by Gasteiger charge is -2.03. The molecule has 0 saturated heterocycles. The average Bonchev–Trinajstić information content (AvgIpc) is 2.42. The first kappa shape index (κ1) is 10.3. The smallest absolute Gasteiger partial charge is 0.259 e. The molecule has 0 saturated carbocycles. The summed E-state index contributed by atoms with van der Waals surface area (Å²) in [7, 11) is -3.37. The van der Waals surface area contributed by atoms with E-state index in [2.05, 4.69) is 4.72 Å². The first-order valence-electron chi connectivity index (χ1n) is 3.94. The molecule has 0 amide bonds. The van der Waals surface area contributed by atoms with Gasteiger partial charge in [-0.2, -0.15) is 0 Å². The predicted molar refractivity (Wildman–Crippen MR) is 57.1 cm³/mol. The van der Waals surface area contributed by atoms with Gasteiger partial charge in [-0.15, -0.1) is 0 Å². The minimum absolute atomic E-state index is 0.151. The van der Waals surface area contributed by atoms with Gasteiger partial charge in [-0.05, 0) is 23.8 Å². The monoisotopic (exact) mass is 245 g/mol. The standard InChI is InChI=1S/C8H7NO4S2/c10-14(11)9-7-2-1-6-3-4-15(12,13)8(6)5-7/h1-5,9H,(H,10,11). The van der Waals surface area contributed by atoms with E-state index in [9.17, 15) is 12.6 Å². The van der Waals surface area contributed by atoms with E-state index in [-0.39, 0.29) is 4.90 Å². The molecule has 1 atom stereocenters. The Kier molecular flexibility index (Phi) is 2.37. The number of rotatable bonds is 2. The zero-order valence-corrected chi connectivity index (χ0v) is 9.01. The number of anilines is 1. The van der Waals surface area contributed by atoms with Crippen molar-refractivity contribution in [2.24, 2.45) is 0 Å². The lowest BCUT2D eigenvalue weighted by Crippen LogP contribution is -2.03. The van der Waals surface area contributed by atoms with E-state index in [0.717, 1.165) is 5.41 Å². The fraction of sp³-hybridized carbons (Fsp3) is 0. The summed E-state index contributed by atoms with van der Waals surface area (Å²) in [6.45, 7) is 0. The summed E-state index contributed by atoms with van der Waals surface area (Å²) < 4.78 is 44.1. The van der Waals surface area contributed by atoms with Gasteiger partial charge < -0.3 is 0 Å². The van der Waals surface area contributed by atoms with Gasteiger partial charge in [-0.25, -0.2) is 12.6 Å². The molecule has 0 aliphatic carbocycles. The highest BCUT2D eigenvalue weighted by Gasteiger charge is 2.20. The molecule has 0 spiro atoms. The number of nitrogens with one attached hydrogen (secondary N) is 1. The van der Waals surface area contributed by atoms with E-state index in [0.29, 0.717) is 11.3 Å². The predicted octanol–water partition coefficient (Wildman–Crippen LogP) is 0.993. The van der Waals surface area contributed by atoms with Crippen molar-refractivity contribution in [1.82, 2.24) is 0 Å². The summed E-state index contributed by atoms with van der Waals surface area (Å²) in [6, 6.07) is 4.45. The number of sulfone groups is 1. The Morgan fingerprint density at radius 1 is 1.33 bits per heavy atom. The molecule has 5 nitrogen and oxygen atoms in total. The Bertz CT molecular complexity index is 562. The summed E-state index contributed by atoms with van der Waals surface area (Å²) >= 11 is -2.20. The van der Waals surface area contributed by atoms with Crippen LogP contribution in [0.1, 0.15) is 5.56 Å². The molecular weight excluding hydrogens is 238 g/mol. The van der Waals surface area contributed by atoms with Crippen LogP contribution < -0.4 is 4.72 Å². The van der Waals surface area contributed by atoms with E-state index in [4.69, 9.17) is 4.55 Å². The lowest BCUT2D eigenvalue weighted by atomic mass is 10.2. The molecule has 7 heteroatoms. The molecule has 1 aromatic carbocycles. The maximum absolute atomic E-state index is 11.4. The van der Waals surface area contributed by atoms with Gasteiger partial charge in [0.25, 0.3) is 11.3 Å². The Morgan fingerprint density at radius 3 is 2.73 bits per heavy atom. The number of fused-ring (bicyclic) bond motifs is 1. The van der Waals surface area contributed by atoms with E-state index in [1.807, 2.05) is 0 Å². The Morgan fingerprint density at radius 2 is 2.07 bits per heavy atom. The molecule has 2 rings (SSSR count). The lowest BCUT2D eigenvalue weighted by molar-refractivity contribution is 0.570. The van der Waals surface area contributed by atoms with Gasteiger partial charge in [-0.1, -0.05) is 6.07 Å². The minimum Gasteiger partial charge on any atom is -0.289 e. The highest BCUT2D eigenvalue weighted by molar-refractivity contribution is 7.94. The van der Waals surface area contributed by atoms with Crippen LogP contribution in [0.4, 0.5) is 5.69 Å². The van der Waals surface area contributed by atoms with Crippen LogP contribution >= 0.6 is 0 Å². The first-order valence-corrected chi connectivity index (χ1v) is 6.59. The minimum atomic E-state index is -3.37. The zero-order chi connectivity index (χ0) is 11.1. The van der Waals surface area contributed by atoms with Crippen LogP contribution in [0.2, 0.25) is 0 Å². The van der Waals surface area contributed by atoms with Crippen molar-refractivity contribution >= 4 is 32.9 Å². The van der Waals surface area contributed by atoms with Gasteiger partial charge in [0.2, 0.25) is 9.84 Å². The van der Waals surface area contributed by atoms with Gasteiger partial charge in [0.15, 0.2) is 0 Å². The number of hydrogen-bond acceptors (Lipinski definition) is 3. The first-order chi connectivity index (χ1) is 6.99. The van der Waals surface area contributed by atoms with Gasteiger partial charge in [0.1, 0.15) is 0 Å². The van der Waals surface area contributed by atoms with Gasteiger partial charge in [0, 0.05) is 11.1 Å². The fourth-order valence-corrected chi connectivity index (χ4v) is 2.88. The fourth-order valence-electron chi connectivity index (χ4n) is 1.32. The maximum Gasteiger partial charge on any atom is 0.259 e. The third-order valence-electron chi connectivity index (χ3n) is 1.95. The van der Waals surface area contributed by atoms with Gasteiger partial charge in [-0.3, -0.25) is 9.27 Å².